The Hall–Kier alpha value is -1.00. The first-order valence-corrected chi connectivity index (χ1v) is 2.81. The fraction of sp³-hybridized carbons (Fsp3) is 0.250. The van der Waals surface area contributed by atoms with Crippen LogP contribution < -0.4 is 5.32 Å². The Morgan fingerprint density at radius 3 is 1.89 bits per heavy atom. The second kappa shape index (κ2) is 7.00. The SMILES string of the molecule is C=C=CCNCC=C=C. The van der Waals surface area contributed by atoms with Crippen LogP contribution in [0.2, 0.25) is 0 Å². The Kier molecular flexibility index (Phi) is 6.22. The van der Waals surface area contributed by atoms with E-state index < -0.39 is 0 Å². The summed E-state index contributed by atoms with van der Waals surface area (Å²) >= 11 is 0. The minimum Gasteiger partial charge on any atom is -0.309 e. The summed E-state index contributed by atoms with van der Waals surface area (Å²) in [6.45, 7) is 8.45. The summed E-state index contributed by atoms with van der Waals surface area (Å²) in [5, 5.41) is 3.07. The molecule has 0 unspecified atom stereocenters. The van der Waals surface area contributed by atoms with Gasteiger partial charge in [-0.2, -0.15) is 0 Å². The third-order valence-electron chi connectivity index (χ3n) is 0.781. The molecule has 0 aliphatic heterocycles. The van der Waals surface area contributed by atoms with Crippen molar-refractivity contribution in [3.8, 4) is 0 Å². The highest BCUT2D eigenvalue weighted by Crippen LogP contribution is 1.63. The van der Waals surface area contributed by atoms with E-state index in [0.717, 1.165) is 13.1 Å². The quantitative estimate of drug-likeness (QED) is 0.436. The van der Waals surface area contributed by atoms with Crippen molar-refractivity contribution in [3.05, 3.63) is 36.8 Å². The van der Waals surface area contributed by atoms with Gasteiger partial charge in [0.2, 0.25) is 0 Å². The van der Waals surface area contributed by atoms with Crippen LogP contribution in [0.1, 0.15) is 0 Å². The van der Waals surface area contributed by atoms with Gasteiger partial charge in [0.25, 0.3) is 0 Å². The molecule has 0 saturated heterocycles. The normalized spacial score (nSPS) is 7.11. The number of hydrogen-bond donors (Lipinski definition) is 1. The highest BCUT2D eigenvalue weighted by molar-refractivity contribution is 4.82. The molecule has 0 atom stereocenters. The van der Waals surface area contributed by atoms with Crippen molar-refractivity contribution in [3.63, 3.8) is 0 Å². The lowest BCUT2D eigenvalue weighted by Gasteiger charge is -1.89. The molecule has 48 valence electrons. The molecule has 9 heavy (non-hydrogen) atoms. The standard InChI is InChI=1S/C8H11N/c1-3-5-7-9-8-6-4-2/h5-6,9H,1-2,7-8H2. The predicted octanol–water partition coefficient (Wildman–Crippen LogP) is 1.26. The van der Waals surface area contributed by atoms with Crippen LogP contribution in [0.15, 0.2) is 36.8 Å². The molecular formula is C8H11N. The lowest BCUT2D eigenvalue weighted by Crippen LogP contribution is -2.12. The molecule has 1 N–H and O–H groups in total. The number of hydrogen-bond acceptors (Lipinski definition) is 1. The van der Waals surface area contributed by atoms with Crippen LogP contribution in [0.3, 0.4) is 0 Å². The molecule has 0 aliphatic carbocycles. The van der Waals surface area contributed by atoms with Crippen molar-refractivity contribution in [2.24, 2.45) is 0 Å². The second-order valence-electron chi connectivity index (χ2n) is 1.47. The number of rotatable bonds is 4. The van der Waals surface area contributed by atoms with Crippen LogP contribution in [-0.2, 0) is 0 Å². The monoisotopic (exact) mass is 121 g/mol. The topological polar surface area (TPSA) is 12.0 Å². The summed E-state index contributed by atoms with van der Waals surface area (Å²) in [5.74, 6) is 0. The molecule has 0 aromatic carbocycles. The van der Waals surface area contributed by atoms with Gasteiger partial charge >= 0.3 is 0 Å². The largest absolute Gasteiger partial charge is 0.309 e. The predicted molar refractivity (Wildman–Crippen MR) is 40.3 cm³/mol. The smallest absolute Gasteiger partial charge is 0.0213 e. The molecular weight excluding hydrogens is 110 g/mol. The van der Waals surface area contributed by atoms with Crippen LogP contribution in [0.25, 0.3) is 0 Å². The molecule has 0 saturated carbocycles. The summed E-state index contributed by atoms with van der Waals surface area (Å²) in [5.41, 5.74) is 5.31. The first kappa shape index (κ1) is 8.00. The Balaban J connectivity index is 3.09. The van der Waals surface area contributed by atoms with Crippen LogP contribution in [0.4, 0.5) is 0 Å². The molecule has 0 rings (SSSR count). The number of nitrogens with one attached hydrogen (secondary N) is 1. The third kappa shape index (κ3) is 7.00. The van der Waals surface area contributed by atoms with E-state index in [1.807, 2.05) is 12.2 Å². The lowest BCUT2D eigenvalue weighted by atomic mass is 10.5. The first-order valence-electron chi connectivity index (χ1n) is 2.81. The van der Waals surface area contributed by atoms with Crippen LogP contribution in [0.5, 0.6) is 0 Å². The average Bonchev–Trinajstić information content (AvgIpc) is 1.89. The Labute approximate surface area is 56.1 Å². The summed E-state index contributed by atoms with van der Waals surface area (Å²) < 4.78 is 0. The Bertz CT molecular complexity index is 128. The van der Waals surface area contributed by atoms with Crippen molar-refractivity contribution in [1.82, 2.24) is 5.32 Å². The third-order valence-corrected chi connectivity index (χ3v) is 0.781. The van der Waals surface area contributed by atoms with E-state index in [-0.39, 0.29) is 0 Å². The summed E-state index contributed by atoms with van der Waals surface area (Å²) in [6.07, 6.45) is 3.66. The maximum atomic E-state index is 3.42. The molecule has 0 amide bonds. The van der Waals surface area contributed by atoms with E-state index in [1.165, 1.54) is 0 Å². The van der Waals surface area contributed by atoms with Gasteiger partial charge < -0.3 is 5.32 Å². The zero-order chi connectivity index (χ0) is 6.95. The first-order chi connectivity index (χ1) is 4.41. The minimum atomic E-state index is 0.807. The maximum absolute atomic E-state index is 3.42. The van der Waals surface area contributed by atoms with E-state index in [1.54, 1.807) is 0 Å². The highest BCUT2D eigenvalue weighted by Gasteiger charge is 1.72. The van der Waals surface area contributed by atoms with Gasteiger partial charge in [0.15, 0.2) is 0 Å². The maximum Gasteiger partial charge on any atom is 0.0213 e. The van der Waals surface area contributed by atoms with Crippen molar-refractivity contribution < 1.29 is 0 Å². The molecule has 0 aromatic rings. The molecule has 1 heteroatoms. The van der Waals surface area contributed by atoms with Gasteiger partial charge in [0.1, 0.15) is 0 Å². The molecule has 0 aromatic heterocycles. The van der Waals surface area contributed by atoms with Crippen LogP contribution in [0, 0.1) is 0 Å². The average molecular weight is 121 g/mol. The van der Waals surface area contributed by atoms with Gasteiger partial charge in [-0.3, -0.25) is 0 Å². The van der Waals surface area contributed by atoms with E-state index in [9.17, 15) is 0 Å². The van der Waals surface area contributed by atoms with Crippen molar-refractivity contribution in [2.45, 2.75) is 0 Å². The fourth-order valence-corrected chi connectivity index (χ4v) is 0.372. The highest BCUT2D eigenvalue weighted by atomic mass is 14.8. The van der Waals surface area contributed by atoms with Gasteiger partial charge in [0, 0.05) is 13.1 Å². The van der Waals surface area contributed by atoms with Crippen molar-refractivity contribution >= 4 is 0 Å². The van der Waals surface area contributed by atoms with Crippen LogP contribution in [-0.4, -0.2) is 13.1 Å². The van der Waals surface area contributed by atoms with Crippen molar-refractivity contribution in [2.75, 3.05) is 13.1 Å². The fourth-order valence-electron chi connectivity index (χ4n) is 0.372. The molecule has 0 radical (unpaired) electrons. The van der Waals surface area contributed by atoms with E-state index in [2.05, 4.69) is 29.9 Å². The van der Waals surface area contributed by atoms with Gasteiger partial charge in [0.05, 0.1) is 0 Å². The Morgan fingerprint density at radius 1 is 1.11 bits per heavy atom. The van der Waals surface area contributed by atoms with E-state index >= 15 is 0 Å². The van der Waals surface area contributed by atoms with Gasteiger partial charge in [-0.15, -0.1) is 11.5 Å². The Morgan fingerprint density at radius 2 is 1.56 bits per heavy atom. The summed E-state index contributed by atoms with van der Waals surface area (Å²) in [4.78, 5) is 0. The van der Waals surface area contributed by atoms with Crippen LogP contribution >= 0.6 is 0 Å². The van der Waals surface area contributed by atoms with Gasteiger partial charge in [-0.05, 0) is 12.2 Å². The molecule has 0 spiro atoms. The van der Waals surface area contributed by atoms with Crippen molar-refractivity contribution in [1.29, 1.82) is 0 Å². The molecule has 0 bridgehead atoms. The molecule has 0 fully saturated rings. The van der Waals surface area contributed by atoms with E-state index in [4.69, 9.17) is 0 Å². The summed E-state index contributed by atoms with van der Waals surface area (Å²) in [7, 11) is 0. The van der Waals surface area contributed by atoms with E-state index in [0.29, 0.717) is 0 Å². The van der Waals surface area contributed by atoms with Gasteiger partial charge in [-0.1, -0.05) is 13.2 Å². The second-order valence-corrected chi connectivity index (χ2v) is 1.47. The zero-order valence-electron chi connectivity index (χ0n) is 5.48. The molecule has 0 heterocycles. The zero-order valence-corrected chi connectivity index (χ0v) is 5.48. The molecule has 1 nitrogen and oxygen atoms in total. The van der Waals surface area contributed by atoms with Gasteiger partial charge in [-0.25, -0.2) is 0 Å². The minimum absolute atomic E-state index is 0.807. The molecule has 0 aliphatic rings. The lowest BCUT2D eigenvalue weighted by molar-refractivity contribution is 0.844. The summed E-state index contributed by atoms with van der Waals surface area (Å²) in [6, 6.07) is 0.